The van der Waals surface area contributed by atoms with Crippen LogP contribution in [0, 0.1) is 0 Å². The zero-order chi connectivity index (χ0) is 15.4. The number of anilines is 2. The fraction of sp³-hybridized carbons (Fsp3) is 0. The summed E-state index contributed by atoms with van der Waals surface area (Å²) in [6.07, 6.45) is 1.67. The summed E-state index contributed by atoms with van der Waals surface area (Å²) in [5, 5.41) is 12.0. The Morgan fingerprint density at radius 3 is 2.59 bits per heavy atom. The first-order valence-corrected chi connectivity index (χ1v) is 6.71. The maximum absolute atomic E-state index is 11.0. The van der Waals surface area contributed by atoms with Crippen molar-refractivity contribution in [3.8, 4) is 11.3 Å². The van der Waals surface area contributed by atoms with Crippen molar-refractivity contribution in [3.05, 3.63) is 72.4 Å². The third-order valence-corrected chi connectivity index (χ3v) is 3.09. The van der Waals surface area contributed by atoms with Crippen LogP contribution in [0.3, 0.4) is 0 Å². The Balaban J connectivity index is 1.87. The van der Waals surface area contributed by atoms with E-state index in [2.05, 4.69) is 15.3 Å². The molecule has 108 valence electrons. The van der Waals surface area contributed by atoms with E-state index in [4.69, 9.17) is 5.11 Å². The predicted octanol–water partition coefficient (Wildman–Crippen LogP) is 3.59. The smallest absolute Gasteiger partial charge is 0.335 e. The number of benzene rings is 2. The Kier molecular flexibility index (Phi) is 3.78. The number of carboxylic acid groups (broad SMARTS) is 1. The van der Waals surface area contributed by atoms with E-state index in [9.17, 15) is 4.79 Å². The zero-order valence-corrected chi connectivity index (χ0v) is 11.6. The quantitative estimate of drug-likeness (QED) is 0.768. The molecule has 0 aliphatic carbocycles. The molecule has 0 saturated heterocycles. The van der Waals surface area contributed by atoms with Crippen molar-refractivity contribution in [3.63, 3.8) is 0 Å². The van der Waals surface area contributed by atoms with Crippen molar-refractivity contribution in [1.82, 2.24) is 9.97 Å². The molecular formula is C17H13N3O2. The molecule has 22 heavy (non-hydrogen) atoms. The van der Waals surface area contributed by atoms with E-state index in [0.29, 0.717) is 11.6 Å². The first kappa shape index (κ1) is 13.8. The van der Waals surface area contributed by atoms with Gasteiger partial charge in [-0.15, -0.1) is 0 Å². The van der Waals surface area contributed by atoms with Gasteiger partial charge in [0.25, 0.3) is 0 Å². The molecule has 5 heteroatoms. The number of carbonyl (C=O) groups is 1. The molecular weight excluding hydrogens is 278 g/mol. The molecule has 3 rings (SSSR count). The molecule has 2 N–H and O–H groups in total. The number of carboxylic acids is 1. The summed E-state index contributed by atoms with van der Waals surface area (Å²) in [6, 6.07) is 18.1. The Morgan fingerprint density at radius 2 is 1.82 bits per heavy atom. The van der Waals surface area contributed by atoms with Crippen LogP contribution < -0.4 is 5.32 Å². The van der Waals surface area contributed by atoms with Crippen LogP contribution in [0.5, 0.6) is 0 Å². The van der Waals surface area contributed by atoms with Gasteiger partial charge in [-0.05, 0) is 24.3 Å². The maximum Gasteiger partial charge on any atom is 0.335 e. The van der Waals surface area contributed by atoms with E-state index in [0.717, 1.165) is 11.3 Å². The van der Waals surface area contributed by atoms with Crippen LogP contribution in [0.1, 0.15) is 10.4 Å². The molecule has 0 atom stereocenters. The van der Waals surface area contributed by atoms with Gasteiger partial charge in [-0.3, -0.25) is 0 Å². The van der Waals surface area contributed by atoms with Gasteiger partial charge >= 0.3 is 5.97 Å². The summed E-state index contributed by atoms with van der Waals surface area (Å²) in [5.41, 5.74) is 2.63. The Bertz CT molecular complexity index is 804. The molecule has 0 bridgehead atoms. The van der Waals surface area contributed by atoms with Gasteiger partial charge in [0.05, 0.1) is 11.3 Å². The molecule has 5 nitrogen and oxygen atoms in total. The third-order valence-electron chi connectivity index (χ3n) is 3.09. The molecule has 0 spiro atoms. The second-order valence-electron chi connectivity index (χ2n) is 4.64. The molecule has 0 radical (unpaired) electrons. The van der Waals surface area contributed by atoms with Crippen molar-refractivity contribution < 1.29 is 9.90 Å². The van der Waals surface area contributed by atoms with Crippen molar-refractivity contribution in [2.24, 2.45) is 0 Å². The molecule has 0 saturated carbocycles. The van der Waals surface area contributed by atoms with Gasteiger partial charge in [-0.2, -0.15) is 0 Å². The highest BCUT2D eigenvalue weighted by molar-refractivity contribution is 5.89. The van der Waals surface area contributed by atoms with Crippen LogP contribution in [0.2, 0.25) is 0 Å². The largest absolute Gasteiger partial charge is 0.478 e. The molecule has 3 aromatic rings. The standard InChI is InChI=1S/C17H13N3O2/c21-16(22)13-7-4-8-14(11-13)19-17-18-10-9-15(20-17)12-5-2-1-3-6-12/h1-11H,(H,21,22)(H,18,19,20). The molecule has 0 aliphatic rings. The maximum atomic E-state index is 11.0. The second-order valence-corrected chi connectivity index (χ2v) is 4.64. The minimum absolute atomic E-state index is 0.212. The summed E-state index contributed by atoms with van der Waals surface area (Å²) in [4.78, 5) is 19.6. The summed E-state index contributed by atoms with van der Waals surface area (Å²) in [5.74, 6) is -0.550. The van der Waals surface area contributed by atoms with Gasteiger partial charge < -0.3 is 10.4 Å². The summed E-state index contributed by atoms with van der Waals surface area (Å²) in [7, 11) is 0. The van der Waals surface area contributed by atoms with Crippen molar-refractivity contribution in [2.75, 3.05) is 5.32 Å². The van der Waals surface area contributed by atoms with E-state index in [1.54, 1.807) is 24.4 Å². The number of nitrogens with zero attached hydrogens (tertiary/aromatic N) is 2. The van der Waals surface area contributed by atoms with E-state index in [1.807, 2.05) is 36.4 Å². The van der Waals surface area contributed by atoms with Crippen LogP contribution in [-0.4, -0.2) is 21.0 Å². The minimum atomic E-state index is -0.970. The van der Waals surface area contributed by atoms with E-state index >= 15 is 0 Å². The molecule has 1 aromatic heterocycles. The van der Waals surface area contributed by atoms with Crippen LogP contribution in [0.4, 0.5) is 11.6 Å². The van der Waals surface area contributed by atoms with Gasteiger partial charge in [0.15, 0.2) is 0 Å². The SMILES string of the molecule is O=C(O)c1cccc(Nc2nccc(-c3ccccc3)n2)c1. The summed E-state index contributed by atoms with van der Waals surface area (Å²) < 4.78 is 0. The van der Waals surface area contributed by atoms with Crippen LogP contribution in [0.25, 0.3) is 11.3 Å². The number of hydrogen-bond donors (Lipinski definition) is 2. The fourth-order valence-electron chi connectivity index (χ4n) is 2.05. The Morgan fingerprint density at radius 1 is 1.00 bits per heavy atom. The molecule has 0 unspecified atom stereocenters. The van der Waals surface area contributed by atoms with Crippen LogP contribution in [0.15, 0.2) is 66.9 Å². The topological polar surface area (TPSA) is 75.1 Å². The monoisotopic (exact) mass is 291 g/mol. The lowest BCUT2D eigenvalue weighted by Crippen LogP contribution is -2.00. The lowest BCUT2D eigenvalue weighted by atomic mass is 10.1. The first-order valence-electron chi connectivity index (χ1n) is 6.71. The minimum Gasteiger partial charge on any atom is -0.478 e. The van der Waals surface area contributed by atoms with Crippen LogP contribution >= 0.6 is 0 Å². The molecule has 2 aromatic carbocycles. The van der Waals surface area contributed by atoms with Crippen molar-refractivity contribution in [1.29, 1.82) is 0 Å². The Labute approximate surface area is 127 Å². The lowest BCUT2D eigenvalue weighted by molar-refractivity contribution is 0.0697. The van der Waals surface area contributed by atoms with Gasteiger partial charge in [0, 0.05) is 17.4 Å². The van der Waals surface area contributed by atoms with E-state index in [1.165, 1.54) is 6.07 Å². The normalized spacial score (nSPS) is 10.2. The highest BCUT2D eigenvalue weighted by Crippen LogP contribution is 2.19. The average molecular weight is 291 g/mol. The van der Waals surface area contributed by atoms with Gasteiger partial charge in [0.2, 0.25) is 5.95 Å². The lowest BCUT2D eigenvalue weighted by Gasteiger charge is -2.07. The summed E-state index contributed by atoms with van der Waals surface area (Å²) in [6.45, 7) is 0. The molecule has 0 fully saturated rings. The van der Waals surface area contributed by atoms with Crippen molar-refractivity contribution in [2.45, 2.75) is 0 Å². The molecule has 1 heterocycles. The first-order chi connectivity index (χ1) is 10.7. The highest BCUT2D eigenvalue weighted by Gasteiger charge is 2.05. The number of nitrogens with one attached hydrogen (secondary N) is 1. The average Bonchev–Trinajstić information content (AvgIpc) is 2.56. The Hall–Kier alpha value is -3.21. The number of aromatic nitrogens is 2. The highest BCUT2D eigenvalue weighted by atomic mass is 16.4. The molecule has 0 amide bonds. The third kappa shape index (κ3) is 3.09. The number of aromatic carboxylic acids is 1. The van der Waals surface area contributed by atoms with Gasteiger partial charge in [-0.25, -0.2) is 14.8 Å². The van der Waals surface area contributed by atoms with Crippen molar-refractivity contribution >= 4 is 17.6 Å². The number of rotatable bonds is 4. The zero-order valence-electron chi connectivity index (χ0n) is 11.6. The summed E-state index contributed by atoms with van der Waals surface area (Å²) >= 11 is 0. The fourth-order valence-corrected chi connectivity index (χ4v) is 2.05. The van der Waals surface area contributed by atoms with Gasteiger partial charge in [0.1, 0.15) is 0 Å². The van der Waals surface area contributed by atoms with Gasteiger partial charge in [-0.1, -0.05) is 36.4 Å². The second kappa shape index (κ2) is 6.05. The van der Waals surface area contributed by atoms with E-state index < -0.39 is 5.97 Å². The van der Waals surface area contributed by atoms with Crippen LogP contribution in [-0.2, 0) is 0 Å². The van der Waals surface area contributed by atoms with E-state index in [-0.39, 0.29) is 5.56 Å². The number of hydrogen-bond acceptors (Lipinski definition) is 4. The molecule has 0 aliphatic heterocycles. The predicted molar refractivity (Wildman–Crippen MR) is 84.2 cm³/mol.